The Labute approximate surface area is 180 Å². The molecule has 0 fully saturated rings. The molecule has 1 heterocycles. The Morgan fingerprint density at radius 3 is 2.41 bits per heavy atom. The van der Waals surface area contributed by atoms with Crippen molar-refractivity contribution in [2.75, 3.05) is 0 Å². The number of benzene rings is 3. The Hall–Kier alpha value is -2.49. The van der Waals surface area contributed by atoms with Crippen LogP contribution in [0.3, 0.4) is 0 Å². The summed E-state index contributed by atoms with van der Waals surface area (Å²) in [6.45, 7) is 2.70. The van der Waals surface area contributed by atoms with E-state index in [0.717, 1.165) is 46.6 Å². The summed E-state index contributed by atoms with van der Waals surface area (Å²) in [6.07, 6.45) is 3.29. The number of hydrogen-bond donors (Lipinski definition) is 1. The third kappa shape index (κ3) is 3.61. The number of nitrogens with two attached hydrogens (primary N) is 1. The predicted octanol–water partition coefficient (Wildman–Crippen LogP) is 6.59. The first-order valence-corrected chi connectivity index (χ1v) is 10.5. The first kappa shape index (κ1) is 19.8. The van der Waals surface area contributed by atoms with Gasteiger partial charge in [-0.25, -0.2) is 0 Å². The monoisotopic (exact) mass is 424 g/mol. The molecule has 0 atom stereocenters. The van der Waals surface area contributed by atoms with Gasteiger partial charge in [-0.05, 0) is 48.7 Å². The van der Waals surface area contributed by atoms with Gasteiger partial charge in [0.15, 0.2) is 0 Å². The number of carbonyl (C=O) groups is 1. The molecular weight excluding hydrogens is 403 g/mol. The van der Waals surface area contributed by atoms with Crippen molar-refractivity contribution >= 4 is 50.9 Å². The minimum Gasteiger partial charge on any atom is -0.366 e. The van der Waals surface area contributed by atoms with Gasteiger partial charge in [0, 0.05) is 37.5 Å². The molecule has 0 aliphatic rings. The third-order valence-corrected chi connectivity index (χ3v) is 6.13. The highest BCUT2D eigenvalue weighted by Gasteiger charge is 2.18. The van der Waals surface area contributed by atoms with E-state index in [0.29, 0.717) is 22.2 Å². The van der Waals surface area contributed by atoms with Gasteiger partial charge < -0.3 is 10.3 Å². The van der Waals surface area contributed by atoms with E-state index < -0.39 is 5.91 Å². The summed E-state index contributed by atoms with van der Waals surface area (Å²) < 4.78 is 2.18. The number of fused-ring (bicyclic) bond motifs is 3. The second-order valence-corrected chi connectivity index (χ2v) is 8.12. The smallest absolute Gasteiger partial charge is 0.249 e. The minimum atomic E-state index is -0.430. The van der Waals surface area contributed by atoms with Gasteiger partial charge in [0.1, 0.15) is 0 Å². The van der Waals surface area contributed by atoms with Gasteiger partial charge in [0.2, 0.25) is 5.91 Å². The third-order valence-electron chi connectivity index (χ3n) is 5.42. The van der Waals surface area contributed by atoms with Crippen LogP contribution < -0.4 is 5.73 Å². The molecule has 0 aliphatic heterocycles. The molecule has 4 aromatic rings. The normalized spacial score (nSPS) is 11.4. The van der Waals surface area contributed by atoms with Gasteiger partial charge in [-0.3, -0.25) is 4.79 Å². The number of carbonyl (C=O) groups excluding carboxylic acids is 1. The van der Waals surface area contributed by atoms with Gasteiger partial charge in [-0.2, -0.15) is 0 Å². The molecular formula is C24H22Cl2N2O. The fourth-order valence-electron chi connectivity index (χ4n) is 3.94. The topological polar surface area (TPSA) is 48.0 Å². The van der Waals surface area contributed by atoms with Crippen molar-refractivity contribution in [3.63, 3.8) is 0 Å². The molecule has 0 saturated heterocycles. The first-order chi connectivity index (χ1) is 14.0. The van der Waals surface area contributed by atoms with Gasteiger partial charge in [-0.1, -0.05) is 60.8 Å². The number of primary amides is 1. The van der Waals surface area contributed by atoms with Crippen molar-refractivity contribution in [2.45, 2.75) is 32.7 Å². The largest absolute Gasteiger partial charge is 0.366 e. The van der Waals surface area contributed by atoms with Crippen molar-refractivity contribution in [1.82, 2.24) is 4.57 Å². The number of nitrogens with zero attached hydrogens (tertiary/aromatic N) is 1. The quantitative estimate of drug-likeness (QED) is 0.372. The molecule has 0 radical (unpaired) electrons. The standard InChI is InChI=1S/C24H22Cl2N2O/c1-2-3-6-15-11-12-16-22(13-15)28(14-18-19(25)8-5-9-20(18)26)21-10-4-7-17(23(16)21)24(27)29/h4-5,7-13H,2-3,6,14H2,1H3,(H2,27,29). The van der Waals surface area contributed by atoms with Crippen molar-refractivity contribution < 1.29 is 4.79 Å². The lowest BCUT2D eigenvalue weighted by Crippen LogP contribution is -2.11. The van der Waals surface area contributed by atoms with E-state index in [1.165, 1.54) is 5.56 Å². The Kier molecular flexibility index (Phi) is 5.53. The molecule has 0 saturated carbocycles. The van der Waals surface area contributed by atoms with Crippen LogP contribution >= 0.6 is 23.2 Å². The van der Waals surface area contributed by atoms with Crippen LogP contribution in [0.2, 0.25) is 10.0 Å². The molecule has 4 rings (SSSR count). The van der Waals surface area contributed by atoms with Gasteiger partial charge in [-0.15, -0.1) is 0 Å². The molecule has 5 heteroatoms. The van der Waals surface area contributed by atoms with E-state index in [-0.39, 0.29) is 0 Å². The van der Waals surface area contributed by atoms with Gasteiger partial charge in [0.25, 0.3) is 0 Å². The van der Waals surface area contributed by atoms with E-state index in [1.807, 2.05) is 30.3 Å². The molecule has 0 bridgehead atoms. The SMILES string of the molecule is CCCCc1ccc2c3c(C(N)=O)cccc3n(Cc3c(Cl)cccc3Cl)c2c1. The van der Waals surface area contributed by atoms with E-state index in [4.69, 9.17) is 28.9 Å². The highest BCUT2D eigenvalue weighted by molar-refractivity contribution is 6.36. The number of amides is 1. The second-order valence-electron chi connectivity index (χ2n) is 7.31. The van der Waals surface area contributed by atoms with Crippen LogP contribution in [0.15, 0.2) is 54.6 Å². The molecule has 0 spiro atoms. The van der Waals surface area contributed by atoms with E-state index in [9.17, 15) is 4.79 Å². The zero-order chi connectivity index (χ0) is 20.5. The highest BCUT2D eigenvalue weighted by atomic mass is 35.5. The number of aryl methyl sites for hydroxylation is 1. The lowest BCUT2D eigenvalue weighted by atomic mass is 10.0. The number of hydrogen-bond acceptors (Lipinski definition) is 1. The van der Waals surface area contributed by atoms with Crippen LogP contribution in [0.5, 0.6) is 0 Å². The fraction of sp³-hybridized carbons (Fsp3) is 0.208. The van der Waals surface area contributed by atoms with Gasteiger partial charge >= 0.3 is 0 Å². The van der Waals surface area contributed by atoms with Crippen LogP contribution in [0.25, 0.3) is 21.8 Å². The molecule has 3 aromatic carbocycles. The van der Waals surface area contributed by atoms with E-state index in [1.54, 1.807) is 6.07 Å². The van der Waals surface area contributed by atoms with Crippen LogP contribution in [0.1, 0.15) is 41.3 Å². The zero-order valence-corrected chi connectivity index (χ0v) is 17.7. The van der Waals surface area contributed by atoms with Crippen molar-refractivity contribution in [3.8, 4) is 0 Å². The van der Waals surface area contributed by atoms with Crippen LogP contribution in [-0.2, 0) is 13.0 Å². The first-order valence-electron chi connectivity index (χ1n) is 9.77. The highest BCUT2D eigenvalue weighted by Crippen LogP contribution is 2.35. The lowest BCUT2D eigenvalue weighted by molar-refractivity contribution is 0.100. The summed E-state index contributed by atoms with van der Waals surface area (Å²) in [5.41, 5.74) is 10.3. The van der Waals surface area contributed by atoms with Crippen LogP contribution in [0.4, 0.5) is 0 Å². The van der Waals surface area contributed by atoms with Gasteiger partial charge in [0.05, 0.1) is 12.1 Å². The molecule has 1 aromatic heterocycles. The van der Waals surface area contributed by atoms with Crippen LogP contribution in [-0.4, -0.2) is 10.5 Å². The number of halogens is 2. The van der Waals surface area contributed by atoms with Crippen molar-refractivity contribution in [3.05, 3.63) is 81.3 Å². The summed E-state index contributed by atoms with van der Waals surface area (Å²) in [7, 11) is 0. The Balaban J connectivity index is 2.01. The maximum Gasteiger partial charge on any atom is 0.249 e. The molecule has 148 valence electrons. The Bertz CT molecular complexity index is 1210. The fourth-order valence-corrected chi connectivity index (χ4v) is 4.46. The number of unbranched alkanes of at least 4 members (excludes halogenated alkanes) is 1. The summed E-state index contributed by atoms with van der Waals surface area (Å²) in [4.78, 5) is 12.1. The summed E-state index contributed by atoms with van der Waals surface area (Å²) in [5.74, 6) is -0.430. The number of rotatable bonds is 6. The average Bonchev–Trinajstić information content (AvgIpc) is 3.02. The maximum absolute atomic E-state index is 12.1. The maximum atomic E-state index is 12.1. The van der Waals surface area contributed by atoms with Crippen molar-refractivity contribution in [1.29, 1.82) is 0 Å². The lowest BCUT2D eigenvalue weighted by Gasteiger charge is -2.12. The van der Waals surface area contributed by atoms with E-state index >= 15 is 0 Å². The average molecular weight is 425 g/mol. The molecule has 29 heavy (non-hydrogen) atoms. The second kappa shape index (κ2) is 8.10. The Morgan fingerprint density at radius 2 is 1.72 bits per heavy atom. The predicted molar refractivity (Wildman–Crippen MR) is 122 cm³/mol. The van der Waals surface area contributed by atoms with Crippen LogP contribution in [0, 0.1) is 0 Å². The molecule has 1 amide bonds. The minimum absolute atomic E-state index is 0.430. The summed E-state index contributed by atoms with van der Waals surface area (Å²) in [6, 6.07) is 17.6. The molecule has 2 N–H and O–H groups in total. The molecule has 0 aliphatic carbocycles. The summed E-state index contributed by atoms with van der Waals surface area (Å²) in [5, 5.41) is 3.14. The number of aromatic nitrogens is 1. The van der Waals surface area contributed by atoms with Crippen molar-refractivity contribution in [2.24, 2.45) is 5.73 Å². The van der Waals surface area contributed by atoms with E-state index in [2.05, 4.69) is 29.7 Å². The summed E-state index contributed by atoms with van der Waals surface area (Å²) >= 11 is 12.9. The molecule has 0 unspecified atom stereocenters. The zero-order valence-electron chi connectivity index (χ0n) is 16.2. The molecule has 3 nitrogen and oxygen atoms in total. The Morgan fingerprint density at radius 1 is 1.00 bits per heavy atom.